The summed E-state index contributed by atoms with van der Waals surface area (Å²) in [6.07, 6.45) is 4.58. The van der Waals surface area contributed by atoms with Crippen molar-refractivity contribution in [2.45, 2.75) is 20.0 Å². The van der Waals surface area contributed by atoms with Crippen LogP contribution in [0.25, 0.3) is 0 Å². The molecule has 1 fully saturated rings. The molecule has 138 valence electrons. The lowest BCUT2D eigenvalue weighted by atomic mass is 10.3. The van der Waals surface area contributed by atoms with E-state index in [-0.39, 0.29) is 6.10 Å². The lowest BCUT2D eigenvalue weighted by Crippen LogP contribution is -2.44. The van der Waals surface area contributed by atoms with E-state index >= 15 is 0 Å². The summed E-state index contributed by atoms with van der Waals surface area (Å²) >= 11 is 0. The molecule has 3 rings (SSSR count). The van der Waals surface area contributed by atoms with Crippen LogP contribution in [-0.4, -0.2) is 65.4 Å². The van der Waals surface area contributed by atoms with Crippen molar-refractivity contribution in [2.75, 3.05) is 43.4 Å². The number of hydrogen-bond donors (Lipinski definition) is 2. The summed E-state index contributed by atoms with van der Waals surface area (Å²) in [5, 5.41) is 10.8. The molecule has 2 N–H and O–H groups in total. The van der Waals surface area contributed by atoms with Gasteiger partial charge in [-0.05, 0) is 27.0 Å². The second-order valence-corrected chi connectivity index (χ2v) is 6.59. The first-order chi connectivity index (χ1) is 12.5. The third kappa shape index (κ3) is 4.45. The van der Waals surface area contributed by atoms with Crippen molar-refractivity contribution in [3.63, 3.8) is 0 Å². The normalized spacial score (nSPS) is 15.2. The topological polar surface area (TPSA) is 90.3 Å². The summed E-state index contributed by atoms with van der Waals surface area (Å²) in [6, 6.07) is 4.18. The molecule has 2 aromatic heterocycles. The number of nitrogens with zero attached hydrogens (tertiary/aromatic N) is 5. The van der Waals surface area contributed by atoms with Gasteiger partial charge < -0.3 is 25.3 Å². The molecule has 0 saturated carbocycles. The Bertz CT molecular complexity index is 757. The number of aromatic nitrogens is 3. The van der Waals surface area contributed by atoms with E-state index in [2.05, 4.69) is 37.1 Å². The molecule has 2 aromatic rings. The molecular weight excluding hydrogens is 330 g/mol. The molecule has 26 heavy (non-hydrogen) atoms. The lowest BCUT2D eigenvalue weighted by molar-refractivity contribution is 0.222. The minimum Gasteiger partial charge on any atom is -0.461 e. The second-order valence-electron chi connectivity index (χ2n) is 6.59. The van der Waals surface area contributed by atoms with Gasteiger partial charge in [-0.1, -0.05) is 0 Å². The quantitative estimate of drug-likeness (QED) is 0.767. The summed E-state index contributed by atoms with van der Waals surface area (Å²) < 4.78 is 5.56. The molecule has 3 heterocycles. The van der Waals surface area contributed by atoms with Crippen molar-refractivity contribution in [1.82, 2.24) is 19.9 Å². The van der Waals surface area contributed by atoms with Crippen molar-refractivity contribution in [3.05, 3.63) is 30.1 Å². The number of pyridine rings is 1. The van der Waals surface area contributed by atoms with Crippen LogP contribution in [0.15, 0.2) is 24.5 Å². The minimum absolute atomic E-state index is 0.0153. The highest BCUT2D eigenvalue weighted by atomic mass is 16.5. The van der Waals surface area contributed by atoms with E-state index < -0.39 is 0 Å². The highest BCUT2D eigenvalue weighted by Gasteiger charge is 2.16. The molecular formula is C18H25N7O. The van der Waals surface area contributed by atoms with Crippen molar-refractivity contribution in [1.29, 1.82) is 5.41 Å². The molecule has 1 saturated heterocycles. The Hall–Kier alpha value is -2.74. The molecule has 1 aliphatic heterocycles. The van der Waals surface area contributed by atoms with Crippen LogP contribution in [0.1, 0.15) is 19.4 Å². The molecule has 0 atom stereocenters. The van der Waals surface area contributed by atoms with Gasteiger partial charge in [-0.15, -0.1) is 0 Å². The zero-order valence-corrected chi connectivity index (χ0v) is 15.4. The molecule has 0 amide bonds. The van der Waals surface area contributed by atoms with Crippen molar-refractivity contribution in [3.8, 4) is 6.01 Å². The summed E-state index contributed by atoms with van der Waals surface area (Å²) in [5.74, 6) is 1.48. The first-order valence-electron chi connectivity index (χ1n) is 8.76. The molecule has 0 aromatic carbocycles. The van der Waals surface area contributed by atoms with E-state index in [1.807, 2.05) is 26.0 Å². The summed E-state index contributed by atoms with van der Waals surface area (Å²) in [6.45, 7) is 7.81. The van der Waals surface area contributed by atoms with E-state index in [0.29, 0.717) is 17.4 Å². The van der Waals surface area contributed by atoms with Crippen molar-refractivity contribution >= 4 is 23.5 Å². The summed E-state index contributed by atoms with van der Waals surface area (Å²) in [5.41, 5.74) is 1.46. The van der Waals surface area contributed by atoms with Crippen LogP contribution in [0.5, 0.6) is 6.01 Å². The average Bonchev–Trinajstić information content (AvgIpc) is 2.62. The number of hydrogen-bond acceptors (Lipinski definition) is 8. The van der Waals surface area contributed by atoms with Gasteiger partial charge in [-0.3, -0.25) is 0 Å². The van der Waals surface area contributed by atoms with Gasteiger partial charge in [0, 0.05) is 56.5 Å². The van der Waals surface area contributed by atoms with E-state index in [1.54, 1.807) is 12.4 Å². The van der Waals surface area contributed by atoms with Crippen LogP contribution in [0.2, 0.25) is 0 Å². The predicted octanol–water partition coefficient (Wildman–Crippen LogP) is 2.15. The number of anilines is 3. The van der Waals surface area contributed by atoms with Gasteiger partial charge in [0.1, 0.15) is 11.6 Å². The Morgan fingerprint density at radius 1 is 1.23 bits per heavy atom. The molecule has 1 aliphatic rings. The third-order valence-corrected chi connectivity index (χ3v) is 4.13. The Morgan fingerprint density at radius 2 is 2.00 bits per heavy atom. The number of rotatable bonds is 6. The number of nitrogens with one attached hydrogen (secondary N) is 2. The zero-order chi connectivity index (χ0) is 18.5. The SMILES string of the molecule is CC(C)Oc1ncc(C=N)c(Nc2ccnc(N3CCN(C)CC3)c2)n1. The Labute approximate surface area is 153 Å². The van der Waals surface area contributed by atoms with Crippen LogP contribution < -0.4 is 15.0 Å². The molecule has 8 nitrogen and oxygen atoms in total. The fourth-order valence-corrected chi connectivity index (χ4v) is 2.69. The predicted molar refractivity (Wildman–Crippen MR) is 103 cm³/mol. The smallest absolute Gasteiger partial charge is 0.318 e. The third-order valence-electron chi connectivity index (χ3n) is 4.13. The summed E-state index contributed by atoms with van der Waals surface area (Å²) in [4.78, 5) is 17.6. The maximum Gasteiger partial charge on any atom is 0.318 e. The number of ether oxygens (including phenoxy) is 1. The van der Waals surface area contributed by atoms with Crippen LogP contribution in [-0.2, 0) is 0 Å². The van der Waals surface area contributed by atoms with Gasteiger partial charge >= 0.3 is 6.01 Å². The molecule has 0 radical (unpaired) electrons. The van der Waals surface area contributed by atoms with Gasteiger partial charge in [-0.25, -0.2) is 9.97 Å². The van der Waals surface area contributed by atoms with Crippen LogP contribution in [0, 0.1) is 5.41 Å². The average molecular weight is 355 g/mol. The molecule has 0 bridgehead atoms. The van der Waals surface area contributed by atoms with Crippen LogP contribution in [0.3, 0.4) is 0 Å². The summed E-state index contributed by atoms with van der Waals surface area (Å²) in [7, 11) is 2.13. The first-order valence-corrected chi connectivity index (χ1v) is 8.76. The fourth-order valence-electron chi connectivity index (χ4n) is 2.69. The van der Waals surface area contributed by atoms with E-state index in [9.17, 15) is 0 Å². The van der Waals surface area contributed by atoms with Crippen LogP contribution in [0.4, 0.5) is 17.3 Å². The highest BCUT2D eigenvalue weighted by molar-refractivity contribution is 5.85. The van der Waals surface area contributed by atoms with Gasteiger partial charge in [0.05, 0.1) is 11.7 Å². The van der Waals surface area contributed by atoms with Crippen LogP contribution >= 0.6 is 0 Å². The fraction of sp³-hybridized carbons (Fsp3) is 0.444. The highest BCUT2D eigenvalue weighted by Crippen LogP contribution is 2.23. The lowest BCUT2D eigenvalue weighted by Gasteiger charge is -2.33. The molecule has 0 unspecified atom stereocenters. The maximum atomic E-state index is 7.57. The van der Waals surface area contributed by atoms with Gasteiger partial charge in [0.15, 0.2) is 0 Å². The standard InChI is InChI=1S/C18H25N7O/c1-13(2)26-18-21-12-14(11-19)17(23-18)22-15-4-5-20-16(10-15)25-8-6-24(3)7-9-25/h4-5,10-13,19H,6-9H2,1-3H3,(H,20,21,22,23). The Morgan fingerprint density at radius 3 is 2.69 bits per heavy atom. The van der Waals surface area contributed by atoms with E-state index in [4.69, 9.17) is 10.1 Å². The monoisotopic (exact) mass is 355 g/mol. The van der Waals surface area contributed by atoms with Gasteiger partial charge in [-0.2, -0.15) is 4.98 Å². The van der Waals surface area contributed by atoms with Crippen molar-refractivity contribution in [2.24, 2.45) is 0 Å². The number of likely N-dealkylation sites (N-methyl/N-ethyl adjacent to an activating group) is 1. The Balaban J connectivity index is 1.80. The molecule has 0 spiro atoms. The van der Waals surface area contributed by atoms with E-state index in [1.165, 1.54) is 6.21 Å². The molecule has 8 heteroatoms. The maximum absolute atomic E-state index is 7.57. The minimum atomic E-state index is -0.0153. The zero-order valence-electron chi connectivity index (χ0n) is 15.4. The largest absolute Gasteiger partial charge is 0.461 e. The first kappa shape index (κ1) is 18.1. The Kier molecular flexibility index (Phi) is 5.62. The number of piperazine rings is 1. The van der Waals surface area contributed by atoms with E-state index in [0.717, 1.165) is 37.7 Å². The molecule has 0 aliphatic carbocycles. The van der Waals surface area contributed by atoms with Crippen molar-refractivity contribution < 1.29 is 4.74 Å². The second kappa shape index (κ2) is 8.09. The van der Waals surface area contributed by atoms with Gasteiger partial charge in [0.2, 0.25) is 0 Å². The van der Waals surface area contributed by atoms with Gasteiger partial charge in [0.25, 0.3) is 0 Å².